The minimum atomic E-state index is -0.492. The van der Waals surface area contributed by atoms with Crippen LogP contribution in [0.4, 0.5) is 4.79 Å². The van der Waals surface area contributed by atoms with Crippen LogP contribution in [0.2, 0.25) is 0 Å². The van der Waals surface area contributed by atoms with Gasteiger partial charge in [-0.05, 0) is 40.5 Å². The van der Waals surface area contributed by atoms with Crippen LogP contribution in [0, 0.1) is 0 Å². The van der Waals surface area contributed by atoms with E-state index in [1.165, 1.54) is 19.3 Å². The molecule has 3 N–H and O–H groups in total. The van der Waals surface area contributed by atoms with Crippen molar-refractivity contribution >= 4 is 36.0 Å². The van der Waals surface area contributed by atoms with Crippen molar-refractivity contribution in [1.29, 1.82) is 0 Å². The van der Waals surface area contributed by atoms with E-state index in [1.807, 2.05) is 27.7 Å². The first-order valence-corrected chi connectivity index (χ1v) is 10.3. The maximum Gasteiger partial charge on any atom is 0.407 e. The summed E-state index contributed by atoms with van der Waals surface area (Å²) in [6.07, 6.45) is 5.01. The van der Waals surface area contributed by atoms with Gasteiger partial charge in [-0.25, -0.2) is 4.79 Å². The molecule has 1 amide bonds. The lowest BCUT2D eigenvalue weighted by Gasteiger charge is -2.19. The Morgan fingerprint density at radius 2 is 1.90 bits per heavy atom. The first kappa shape index (κ1) is 25.4. The zero-order valence-corrected chi connectivity index (χ0v) is 20.4. The summed E-state index contributed by atoms with van der Waals surface area (Å²) >= 11 is 0. The summed E-state index contributed by atoms with van der Waals surface area (Å²) in [6.45, 7) is 11.0. The Labute approximate surface area is 190 Å². The highest BCUT2D eigenvalue weighted by molar-refractivity contribution is 14.0. The lowest BCUT2D eigenvalue weighted by Crippen LogP contribution is -2.42. The number of carbonyl (C=O) groups is 1. The van der Waals surface area contributed by atoms with E-state index in [-0.39, 0.29) is 24.0 Å². The molecule has 0 radical (unpaired) electrons. The summed E-state index contributed by atoms with van der Waals surface area (Å²) in [5.41, 5.74) is -0.492. The summed E-state index contributed by atoms with van der Waals surface area (Å²) in [4.78, 5) is 16.3. The SMILES string of the molecule is CCNC(=NCCc1nnc2n1CCCCC2)NCCNC(=O)OC(C)(C)C.I. The number of alkyl carbamates (subject to hydrolysis) is 1. The molecule has 166 valence electrons. The van der Waals surface area contributed by atoms with Crippen molar-refractivity contribution in [3.63, 3.8) is 0 Å². The quantitative estimate of drug-likeness (QED) is 0.220. The van der Waals surface area contributed by atoms with Crippen molar-refractivity contribution in [3.8, 4) is 0 Å². The number of carbonyl (C=O) groups excluding carboxylic acids is 1. The van der Waals surface area contributed by atoms with Crippen LogP contribution >= 0.6 is 24.0 Å². The van der Waals surface area contributed by atoms with Gasteiger partial charge in [0.2, 0.25) is 0 Å². The molecule has 0 bridgehead atoms. The van der Waals surface area contributed by atoms with Crippen molar-refractivity contribution in [1.82, 2.24) is 30.7 Å². The summed E-state index contributed by atoms with van der Waals surface area (Å²) in [5.74, 6) is 2.85. The van der Waals surface area contributed by atoms with Gasteiger partial charge in [0.15, 0.2) is 5.96 Å². The molecule has 0 aliphatic carbocycles. The Bertz CT molecular complexity index is 655. The second kappa shape index (κ2) is 12.9. The number of ether oxygens (including phenoxy) is 1. The lowest BCUT2D eigenvalue weighted by atomic mass is 10.2. The largest absolute Gasteiger partial charge is 0.444 e. The number of guanidine groups is 1. The average Bonchev–Trinajstić information content (AvgIpc) is 2.84. The van der Waals surface area contributed by atoms with Gasteiger partial charge in [0.1, 0.15) is 17.2 Å². The third-order valence-corrected chi connectivity index (χ3v) is 4.22. The highest BCUT2D eigenvalue weighted by Crippen LogP contribution is 2.14. The Balaban J connectivity index is 0.00000420. The first-order valence-electron chi connectivity index (χ1n) is 10.3. The van der Waals surface area contributed by atoms with Gasteiger partial charge in [-0.2, -0.15) is 0 Å². The molecule has 0 spiro atoms. The molecule has 1 aromatic heterocycles. The highest BCUT2D eigenvalue weighted by atomic mass is 127. The average molecular weight is 521 g/mol. The van der Waals surface area contributed by atoms with Crippen LogP contribution in [-0.2, 0) is 24.1 Å². The third-order valence-electron chi connectivity index (χ3n) is 4.22. The van der Waals surface area contributed by atoms with E-state index < -0.39 is 11.7 Å². The molecule has 0 saturated carbocycles. The number of fused-ring (bicyclic) bond motifs is 1. The fourth-order valence-corrected chi connectivity index (χ4v) is 3.00. The maximum atomic E-state index is 11.7. The normalized spacial score (nSPS) is 14.3. The molecule has 0 saturated heterocycles. The monoisotopic (exact) mass is 521 g/mol. The molecule has 1 aromatic rings. The number of aryl methyl sites for hydroxylation is 1. The van der Waals surface area contributed by atoms with E-state index in [9.17, 15) is 4.79 Å². The molecular formula is C19H36IN7O2. The van der Waals surface area contributed by atoms with Gasteiger partial charge >= 0.3 is 6.09 Å². The Morgan fingerprint density at radius 3 is 2.62 bits per heavy atom. The number of hydrogen-bond donors (Lipinski definition) is 3. The topological polar surface area (TPSA) is 105 Å². The van der Waals surface area contributed by atoms with Gasteiger partial charge in [-0.1, -0.05) is 6.42 Å². The molecule has 9 nitrogen and oxygen atoms in total. The van der Waals surface area contributed by atoms with Crippen molar-refractivity contribution in [2.24, 2.45) is 4.99 Å². The number of amides is 1. The summed E-state index contributed by atoms with van der Waals surface area (Å²) < 4.78 is 7.47. The summed E-state index contributed by atoms with van der Waals surface area (Å²) in [6, 6.07) is 0. The van der Waals surface area contributed by atoms with E-state index >= 15 is 0 Å². The molecule has 1 aliphatic rings. The van der Waals surface area contributed by atoms with Crippen LogP contribution in [0.5, 0.6) is 0 Å². The van der Waals surface area contributed by atoms with Gasteiger partial charge in [0, 0.05) is 45.6 Å². The molecule has 0 fully saturated rings. The number of nitrogens with zero attached hydrogens (tertiary/aromatic N) is 4. The van der Waals surface area contributed by atoms with Gasteiger partial charge < -0.3 is 25.3 Å². The number of hydrogen-bond acceptors (Lipinski definition) is 5. The Kier molecular flexibility index (Phi) is 11.3. The molecular weight excluding hydrogens is 485 g/mol. The predicted octanol–water partition coefficient (Wildman–Crippen LogP) is 2.24. The van der Waals surface area contributed by atoms with Crippen molar-refractivity contribution in [3.05, 3.63) is 11.6 Å². The van der Waals surface area contributed by atoms with Crippen LogP contribution < -0.4 is 16.0 Å². The van der Waals surface area contributed by atoms with E-state index in [2.05, 4.69) is 35.7 Å². The van der Waals surface area contributed by atoms with Crippen molar-refractivity contribution < 1.29 is 9.53 Å². The van der Waals surface area contributed by atoms with Gasteiger partial charge in [0.05, 0.1) is 0 Å². The second-order valence-corrected chi connectivity index (χ2v) is 7.86. The van der Waals surface area contributed by atoms with Crippen LogP contribution in [0.15, 0.2) is 4.99 Å². The number of halogens is 1. The zero-order chi connectivity index (χ0) is 20.4. The van der Waals surface area contributed by atoms with E-state index in [1.54, 1.807) is 0 Å². The van der Waals surface area contributed by atoms with E-state index in [4.69, 9.17) is 4.74 Å². The van der Waals surface area contributed by atoms with Crippen LogP contribution in [0.1, 0.15) is 58.6 Å². The molecule has 0 atom stereocenters. The molecule has 29 heavy (non-hydrogen) atoms. The second-order valence-electron chi connectivity index (χ2n) is 7.86. The fraction of sp³-hybridized carbons (Fsp3) is 0.789. The lowest BCUT2D eigenvalue weighted by molar-refractivity contribution is 0.0529. The number of rotatable bonds is 7. The Morgan fingerprint density at radius 1 is 1.14 bits per heavy atom. The number of aromatic nitrogens is 3. The number of nitrogens with one attached hydrogen (secondary N) is 3. The number of aliphatic imine (C=N–C) groups is 1. The van der Waals surface area contributed by atoms with Gasteiger partial charge in [-0.3, -0.25) is 4.99 Å². The minimum Gasteiger partial charge on any atom is -0.444 e. The third kappa shape index (κ3) is 9.64. The summed E-state index contributed by atoms with van der Waals surface area (Å²) in [5, 5.41) is 17.8. The summed E-state index contributed by atoms with van der Waals surface area (Å²) in [7, 11) is 0. The maximum absolute atomic E-state index is 11.7. The molecule has 2 rings (SSSR count). The first-order chi connectivity index (χ1) is 13.4. The molecule has 0 aromatic carbocycles. The van der Waals surface area contributed by atoms with Crippen molar-refractivity contribution in [2.75, 3.05) is 26.2 Å². The van der Waals surface area contributed by atoms with Crippen LogP contribution in [0.3, 0.4) is 0 Å². The van der Waals surface area contributed by atoms with Crippen LogP contribution in [-0.4, -0.2) is 58.6 Å². The fourth-order valence-electron chi connectivity index (χ4n) is 3.00. The molecule has 2 heterocycles. The highest BCUT2D eigenvalue weighted by Gasteiger charge is 2.16. The minimum absolute atomic E-state index is 0. The van der Waals surface area contributed by atoms with Gasteiger partial charge in [0.25, 0.3) is 0 Å². The van der Waals surface area contributed by atoms with Crippen LogP contribution in [0.25, 0.3) is 0 Å². The zero-order valence-electron chi connectivity index (χ0n) is 18.1. The molecule has 10 heteroatoms. The van der Waals surface area contributed by atoms with E-state index in [0.29, 0.717) is 19.6 Å². The smallest absolute Gasteiger partial charge is 0.407 e. The molecule has 0 unspecified atom stereocenters. The van der Waals surface area contributed by atoms with E-state index in [0.717, 1.165) is 43.5 Å². The van der Waals surface area contributed by atoms with Crippen molar-refractivity contribution in [2.45, 2.75) is 71.9 Å². The molecule has 1 aliphatic heterocycles. The van der Waals surface area contributed by atoms with Gasteiger partial charge in [-0.15, -0.1) is 34.2 Å². The predicted molar refractivity (Wildman–Crippen MR) is 125 cm³/mol. The standard InChI is InChI=1S/C19H35N7O2.HI/c1-5-20-17(22-12-13-23-18(27)28-19(2,3)4)21-11-10-16-25-24-15-9-7-6-8-14-26(15)16;/h5-14H2,1-4H3,(H,23,27)(H2,20,21,22);1H. The Hall–Kier alpha value is -1.59.